The minimum Gasteiger partial charge on any atom is -0.358 e. The van der Waals surface area contributed by atoms with Gasteiger partial charge in [-0.05, 0) is 31.2 Å². The van der Waals surface area contributed by atoms with Crippen LogP contribution in [0.5, 0.6) is 0 Å². The number of benzene rings is 1. The molecule has 4 rings (SSSR count). The van der Waals surface area contributed by atoms with Gasteiger partial charge in [0.15, 0.2) is 0 Å². The Hall–Kier alpha value is -2.96. The first-order valence-electron chi connectivity index (χ1n) is 9.47. The van der Waals surface area contributed by atoms with Gasteiger partial charge in [-0.2, -0.15) is 0 Å². The third-order valence-electron chi connectivity index (χ3n) is 5.01. The van der Waals surface area contributed by atoms with Gasteiger partial charge in [0.25, 0.3) is 5.91 Å². The van der Waals surface area contributed by atoms with Gasteiger partial charge in [0.1, 0.15) is 23.4 Å². The molecule has 7 heteroatoms. The molecule has 1 fully saturated rings. The largest absolute Gasteiger partial charge is 0.358 e. The van der Waals surface area contributed by atoms with Crippen molar-refractivity contribution in [3.63, 3.8) is 0 Å². The third-order valence-corrected chi connectivity index (χ3v) is 5.01. The summed E-state index contributed by atoms with van der Waals surface area (Å²) in [6, 6.07) is 9.81. The maximum atomic E-state index is 12.3. The van der Waals surface area contributed by atoms with Crippen LogP contribution >= 0.6 is 0 Å². The van der Waals surface area contributed by atoms with Crippen LogP contribution in [0.1, 0.15) is 40.3 Å². The summed E-state index contributed by atoms with van der Waals surface area (Å²) in [5.74, 6) is 1.06. The number of nitrogens with zero attached hydrogens (tertiary/aromatic N) is 2. The number of hydrogen-bond acceptors (Lipinski definition) is 5. The Balaban J connectivity index is 1.61. The Labute approximate surface area is 158 Å². The van der Waals surface area contributed by atoms with Gasteiger partial charge in [0, 0.05) is 25.1 Å². The zero-order chi connectivity index (χ0) is 18.6. The standard InChI is InChI=1S/C20H23N5O2/c26-19-15(7-4-11-21-19)23-18-14-10-12-22-20(27)17(14)24-16(25-18)9-8-13-5-2-1-3-6-13/h1-3,5-6,15H,4,7-12H2,(H,21,26)(H,22,27)(H,23,24,25). The van der Waals surface area contributed by atoms with Crippen molar-refractivity contribution in [2.45, 2.75) is 38.1 Å². The predicted octanol–water partition coefficient (Wildman–Crippen LogP) is 1.24. The number of amides is 2. The average molecular weight is 365 g/mol. The number of nitrogens with one attached hydrogen (secondary N) is 3. The number of carbonyl (C=O) groups is 2. The Morgan fingerprint density at radius 3 is 2.70 bits per heavy atom. The van der Waals surface area contributed by atoms with Crippen molar-refractivity contribution in [1.29, 1.82) is 0 Å². The van der Waals surface area contributed by atoms with E-state index in [0.717, 1.165) is 24.8 Å². The highest BCUT2D eigenvalue weighted by Gasteiger charge is 2.27. The van der Waals surface area contributed by atoms with E-state index in [1.807, 2.05) is 18.2 Å². The van der Waals surface area contributed by atoms with Gasteiger partial charge < -0.3 is 16.0 Å². The van der Waals surface area contributed by atoms with E-state index in [1.165, 1.54) is 5.56 Å². The van der Waals surface area contributed by atoms with E-state index in [-0.39, 0.29) is 17.9 Å². The molecule has 1 aromatic heterocycles. The predicted molar refractivity (Wildman–Crippen MR) is 102 cm³/mol. The second kappa shape index (κ2) is 7.73. The molecule has 0 bridgehead atoms. The zero-order valence-electron chi connectivity index (χ0n) is 15.1. The van der Waals surface area contributed by atoms with Gasteiger partial charge in [-0.25, -0.2) is 9.97 Å². The number of anilines is 1. The Bertz CT molecular complexity index is 853. The van der Waals surface area contributed by atoms with Crippen molar-refractivity contribution in [3.05, 3.63) is 53.0 Å². The highest BCUT2D eigenvalue weighted by atomic mass is 16.2. The topological polar surface area (TPSA) is 96.0 Å². The van der Waals surface area contributed by atoms with Crippen molar-refractivity contribution in [3.8, 4) is 0 Å². The van der Waals surface area contributed by atoms with E-state index in [0.29, 0.717) is 43.3 Å². The quantitative estimate of drug-likeness (QED) is 0.741. The summed E-state index contributed by atoms with van der Waals surface area (Å²) in [5.41, 5.74) is 2.43. The van der Waals surface area contributed by atoms with Gasteiger partial charge >= 0.3 is 0 Å². The first kappa shape index (κ1) is 17.5. The molecular formula is C20H23N5O2. The van der Waals surface area contributed by atoms with Gasteiger partial charge in [0.2, 0.25) is 5.91 Å². The smallest absolute Gasteiger partial charge is 0.270 e. The van der Waals surface area contributed by atoms with Crippen LogP contribution in [0.3, 0.4) is 0 Å². The number of rotatable bonds is 5. The fourth-order valence-corrected chi connectivity index (χ4v) is 3.55. The van der Waals surface area contributed by atoms with Gasteiger partial charge in [0.05, 0.1) is 0 Å². The highest BCUT2D eigenvalue weighted by molar-refractivity contribution is 5.96. The summed E-state index contributed by atoms with van der Waals surface area (Å²) in [5, 5.41) is 9.00. The van der Waals surface area contributed by atoms with E-state index in [2.05, 4.69) is 38.1 Å². The minimum absolute atomic E-state index is 0.0142. The molecule has 1 saturated heterocycles. The lowest BCUT2D eigenvalue weighted by molar-refractivity contribution is -0.123. The number of carbonyl (C=O) groups excluding carboxylic acids is 2. The van der Waals surface area contributed by atoms with Crippen LogP contribution in [0.15, 0.2) is 30.3 Å². The zero-order valence-corrected chi connectivity index (χ0v) is 15.1. The molecule has 0 aliphatic carbocycles. The molecule has 1 aromatic carbocycles. The van der Waals surface area contributed by atoms with Crippen LogP contribution in [-0.4, -0.2) is 40.9 Å². The summed E-state index contributed by atoms with van der Waals surface area (Å²) < 4.78 is 0. The Morgan fingerprint density at radius 1 is 1.04 bits per heavy atom. The molecule has 1 atom stereocenters. The molecule has 27 heavy (non-hydrogen) atoms. The van der Waals surface area contributed by atoms with Crippen molar-refractivity contribution in [1.82, 2.24) is 20.6 Å². The Kier molecular flexibility index (Phi) is 5.00. The molecule has 2 amide bonds. The summed E-state index contributed by atoms with van der Waals surface area (Å²) in [7, 11) is 0. The summed E-state index contributed by atoms with van der Waals surface area (Å²) >= 11 is 0. The Morgan fingerprint density at radius 2 is 1.89 bits per heavy atom. The normalized spacial score (nSPS) is 19.0. The van der Waals surface area contributed by atoms with Crippen molar-refractivity contribution in [2.75, 3.05) is 18.4 Å². The molecule has 2 aliphatic heterocycles. The summed E-state index contributed by atoms with van der Waals surface area (Å²) in [6.45, 7) is 1.27. The highest BCUT2D eigenvalue weighted by Crippen LogP contribution is 2.23. The van der Waals surface area contributed by atoms with E-state index in [1.54, 1.807) is 0 Å². The molecule has 3 heterocycles. The molecular weight excluding hydrogens is 342 g/mol. The van der Waals surface area contributed by atoms with Crippen LogP contribution in [0, 0.1) is 0 Å². The van der Waals surface area contributed by atoms with Gasteiger partial charge in [-0.3, -0.25) is 9.59 Å². The number of hydrogen-bond donors (Lipinski definition) is 3. The molecule has 7 nitrogen and oxygen atoms in total. The second-order valence-electron chi connectivity index (χ2n) is 6.94. The fourth-order valence-electron chi connectivity index (χ4n) is 3.55. The van der Waals surface area contributed by atoms with E-state index < -0.39 is 0 Å². The van der Waals surface area contributed by atoms with Crippen LogP contribution in [-0.2, 0) is 24.1 Å². The molecule has 0 saturated carbocycles. The maximum absolute atomic E-state index is 12.3. The van der Waals surface area contributed by atoms with Crippen molar-refractivity contribution in [2.24, 2.45) is 0 Å². The molecule has 0 radical (unpaired) electrons. The minimum atomic E-state index is -0.315. The van der Waals surface area contributed by atoms with Crippen molar-refractivity contribution < 1.29 is 9.59 Å². The first-order chi connectivity index (χ1) is 13.2. The van der Waals surface area contributed by atoms with Crippen LogP contribution in [0.4, 0.5) is 5.82 Å². The van der Waals surface area contributed by atoms with E-state index in [4.69, 9.17) is 0 Å². The molecule has 0 spiro atoms. The lowest BCUT2D eigenvalue weighted by Crippen LogP contribution is -2.45. The number of fused-ring (bicyclic) bond motifs is 1. The average Bonchev–Trinajstić information content (AvgIpc) is 2.70. The number of aromatic nitrogens is 2. The van der Waals surface area contributed by atoms with Crippen LogP contribution in [0.2, 0.25) is 0 Å². The summed E-state index contributed by atoms with van der Waals surface area (Å²) in [4.78, 5) is 33.6. The maximum Gasteiger partial charge on any atom is 0.270 e. The van der Waals surface area contributed by atoms with Gasteiger partial charge in [-0.1, -0.05) is 30.3 Å². The van der Waals surface area contributed by atoms with E-state index in [9.17, 15) is 9.59 Å². The second-order valence-corrected chi connectivity index (χ2v) is 6.94. The molecule has 2 aliphatic rings. The van der Waals surface area contributed by atoms with Crippen molar-refractivity contribution >= 4 is 17.6 Å². The lowest BCUT2D eigenvalue weighted by Gasteiger charge is -2.26. The third kappa shape index (κ3) is 3.92. The monoisotopic (exact) mass is 365 g/mol. The fraction of sp³-hybridized carbons (Fsp3) is 0.400. The summed E-state index contributed by atoms with van der Waals surface area (Å²) in [6.07, 6.45) is 3.78. The number of aryl methyl sites for hydroxylation is 2. The number of piperidine rings is 1. The van der Waals surface area contributed by atoms with Crippen LogP contribution < -0.4 is 16.0 Å². The SMILES string of the molecule is O=C1NCCc2c(NC3CCCNC3=O)nc(CCc3ccccc3)nc21. The van der Waals surface area contributed by atoms with Gasteiger partial charge in [-0.15, -0.1) is 0 Å². The van der Waals surface area contributed by atoms with E-state index >= 15 is 0 Å². The molecule has 140 valence electrons. The molecule has 3 N–H and O–H groups in total. The lowest BCUT2D eigenvalue weighted by atomic mass is 10.0. The first-order valence-corrected chi connectivity index (χ1v) is 9.47. The van der Waals surface area contributed by atoms with Crippen LogP contribution in [0.25, 0.3) is 0 Å². The molecule has 1 unspecified atom stereocenters. The molecule has 2 aromatic rings.